The third-order valence-corrected chi connectivity index (χ3v) is 7.67. The Morgan fingerprint density at radius 3 is 2.77 bits per heavy atom. The van der Waals surface area contributed by atoms with Gasteiger partial charge in [0.1, 0.15) is 12.0 Å². The van der Waals surface area contributed by atoms with Gasteiger partial charge in [0.15, 0.2) is 5.82 Å². The van der Waals surface area contributed by atoms with E-state index < -0.39 is 6.17 Å². The van der Waals surface area contributed by atoms with E-state index >= 15 is 4.39 Å². The molecule has 2 unspecified atom stereocenters. The summed E-state index contributed by atoms with van der Waals surface area (Å²) in [5.74, 6) is 1.24. The molecule has 186 valence electrons. The molecule has 4 atom stereocenters. The Kier molecular flexibility index (Phi) is 5.82. The van der Waals surface area contributed by atoms with Gasteiger partial charge in [0.2, 0.25) is 0 Å². The van der Waals surface area contributed by atoms with Crippen molar-refractivity contribution < 1.29 is 19.0 Å². The fraction of sp³-hybridized carbons (Fsp3) is 0.560. The van der Waals surface area contributed by atoms with Crippen molar-refractivity contribution in [1.29, 1.82) is 0 Å². The van der Waals surface area contributed by atoms with Gasteiger partial charge in [-0.1, -0.05) is 0 Å². The molecule has 0 amide bonds. The molecule has 10 heteroatoms. The molecule has 0 radical (unpaired) electrons. The van der Waals surface area contributed by atoms with Crippen molar-refractivity contribution >= 4 is 16.7 Å². The average molecular weight is 483 g/mol. The number of aliphatic hydroxyl groups excluding tert-OH is 1. The number of fused-ring (bicyclic) bond motifs is 3. The molecule has 1 N–H and O–H groups in total. The second-order valence-electron chi connectivity index (χ2n) is 9.83. The van der Waals surface area contributed by atoms with Gasteiger partial charge < -0.3 is 19.5 Å². The van der Waals surface area contributed by atoms with Gasteiger partial charge in [0.25, 0.3) is 0 Å². The Morgan fingerprint density at radius 1 is 1.20 bits per heavy atom. The Hall–Kier alpha value is -2.82. The first-order valence-corrected chi connectivity index (χ1v) is 12.3. The molecule has 3 aromatic rings. The minimum absolute atomic E-state index is 0.0534. The van der Waals surface area contributed by atoms with Crippen LogP contribution < -0.4 is 9.64 Å². The van der Waals surface area contributed by atoms with E-state index in [4.69, 9.17) is 9.47 Å². The van der Waals surface area contributed by atoms with Crippen molar-refractivity contribution in [2.24, 2.45) is 0 Å². The largest absolute Gasteiger partial charge is 0.467 e. The lowest BCUT2D eigenvalue weighted by molar-refractivity contribution is 0.0988. The SMILES string of the molecule is COc1nc(N2C[C@H]3C[C@@H]2CO3)cc(-n2ncc3cc(C)c(C4CCN(CCO)CC4F)cc32)n1. The van der Waals surface area contributed by atoms with Crippen LogP contribution in [0.2, 0.25) is 0 Å². The van der Waals surface area contributed by atoms with Crippen LogP contribution in [0.1, 0.15) is 29.9 Å². The highest BCUT2D eigenvalue weighted by molar-refractivity contribution is 5.82. The average Bonchev–Trinajstić information content (AvgIpc) is 3.60. The van der Waals surface area contributed by atoms with E-state index in [0.717, 1.165) is 47.4 Å². The van der Waals surface area contributed by atoms with Gasteiger partial charge in [-0.05, 0) is 49.6 Å². The molecule has 2 bridgehead atoms. The molecule has 35 heavy (non-hydrogen) atoms. The number of aryl methyl sites for hydroxylation is 1. The lowest BCUT2D eigenvalue weighted by atomic mass is 9.85. The number of anilines is 1. The zero-order valence-electron chi connectivity index (χ0n) is 20.1. The summed E-state index contributed by atoms with van der Waals surface area (Å²) in [6, 6.07) is 6.69. The van der Waals surface area contributed by atoms with Crippen molar-refractivity contribution in [2.45, 2.75) is 44.0 Å². The number of benzene rings is 1. The number of rotatable bonds is 6. The number of piperidine rings is 1. The number of hydrogen-bond donors (Lipinski definition) is 1. The van der Waals surface area contributed by atoms with Gasteiger partial charge in [0.05, 0.1) is 44.2 Å². The monoisotopic (exact) mass is 482 g/mol. The highest BCUT2D eigenvalue weighted by atomic mass is 19.1. The van der Waals surface area contributed by atoms with Crippen LogP contribution in [0.5, 0.6) is 6.01 Å². The van der Waals surface area contributed by atoms with Gasteiger partial charge in [-0.15, -0.1) is 0 Å². The first kappa shape index (κ1) is 22.6. The molecule has 3 fully saturated rings. The molecule has 3 saturated heterocycles. The van der Waals surface area contributed by atoms with E-state index in [9.17, 15) is 5.11 Å². The Labute approximate surface area is 203 Å². The third kappa shape index (κ3) is 4.03. The molecule has 0 spiro atoms. The van der Waals surface area contributed by atoms with Crippen LogP contribution in [0.3, 0.4) is 0 Å². The topological polar surface area (TPSA) is 88.8 Å². The summed E-state index contributed by atoms with van der Waals surface area (Å²) in [5, 5.41) is 14.8. The van der Waals surface area contributed by atoms with Crippen molar-refractivity contribution in [3.05, 3.63) is 35.5 Å². The fourth-order valence-corrected chi connectivity index (χ4v) is 5.88. The number of nitrogens with zero attached hydrogens (tertiary/aromatic N) is 6. The molecule has 3 aliphatic heterocycles. The molecular formula is C25H31FN6O3. The van der Waals surface area contributed by atoms with Gasteiger partial charge >= 0.3 is 6.01 Å². The number of hydrogen-bond acceptors (Lipinski definition) is 8. The lowest BCUT2D eigenvalue weighted by Crippen LogP contribution is -2.42. The summed E-state index contributed by atoms with van der Waals surface area (Å²) in [7, 11) is 1.56. The molecule has 5 heterocycles. The second kappa shape index (κ2) is 9.00. The highest BCUT2D eigenvalue weighted by Gasteiger charge is 2.40. The maximum atomic E-state index is 15.2. The van der Waals surface area contributed by atoms with E-state index in [1.807, 2.05) is 24.1 Å². The van der Waals surface area contributed by atoms with Crippen LogP contribution in [-0.2, 0) is 4.74 Å². The smallest absolute Gasteiger partial charge is 0.320 e. The van der Waals surface area contributed by atoms with E-state index in [1.54, 1.807) is 11.8 Å². The van der Waals surface area contributed by atoms with E-state index in [-0.39, 0.29) is 24.6 Å². The minimum Gasteiger partial charge on any atom is -0.467 e. The Balaban J connectivity index is 1.37. The number of alkyl halides is 1. The van der Waals surface area contributed by atoms with Gasteiger partial charge in [0, 0.05) is 37.0 Å². The van der Waals surface area contributed by atoms with E-state index in [1.165, 1.54) is 0 Å². The fourth-order valence-electron chi connectivity index (χ4n) is 5.88. The van der Waals surface area contributed by atoms with Crippen molar-refractivity contribution in [2.75, 3.05) is 51.4 Å². The van der Waals surface area contributed by atoms with E-state index in [0.29, 0.717) is 38.0 Å². The molecule has 3 aliphatic rings. The summed E-state index contributed by atoms with van der Waals surface area (Å²) >= 11 is 0. The minimum atomic E-state index is -0.985. The van der Waals surface area contributed by atoms with Gasteiger partial charge in [-0.2, -0.15) is 15.1 Å². The van der Waals surface area contributed by atoms with Gasteiger partial charge in [-0.25, -0.2) is 9.07 Å². The summed E-state index contributed by atoms with van der Waals surface area (Å²) in [6.45, 7) is 5.24. The van der Waals surface area contributed by atoms with Crippen molar-refractivity contribution in [3.63, 3.8) is 0 Å². The maximum absolute atomic E-state index is 15.2. The zero-order chi connectivity index (χ0) is 24.1. The number of β-amino-alcohol motifs (C(OH)–C–C–N with tert-alkyl or cyclic N) is 1. The number of ether oxygens (including phenoxy) is 2. The highest BCUT2D eigenvalue weighted by Crippen LogP contribution is 2.36. The molecule has 9 nitrogen and oxygen atoms in total. The first-order valence-electron chi connectivity index (χ1n) is 12.3. The number of halogens is 1. The predicted octanol–water partition coefficient (Wildman–Crippen LogP) is 2.23. The number of aromatic nitrogens is 4. The Morgan fingerprint density at radius 2 is 2.06 bits per heavy atom. The van der Waals surface area contributed by atoms with Crippen molar-refractivity contribution in [3.8, 4) is 11.8 Å². The number of aliphatic hydroxyl groups is 1. The third-order valence-electron chi connectivity index (χ3n) is 7.67. The van der Waals surface area contributed by atoms with Crippen LogP contribution in [0.15, 0.2) is 24.4 Å². The second-order valence-corrected chi connectivity index (χ2v) is 9.83. The van der Waals surface area contributed by atoms with Crippen LogP contribution in [0.4, 0.5) is 10.2 Å². The van der Waals surface area contributed by atoms with Crippen LogP contribution in [0, 0.1) is 6.92 Å². The summed E-state index contributed by atoms with van der Waals surface area (Å²) < 4.78 is 28.2. The first-order chi connectivity index (χ1) is 17.0. The standard InChI is InChI=1S/C25H31FN6O3/c1-15-7-16-11-27-32(22(16)9-20(15)19-3-4-30(5-6-33)13-21(19)26)24-10-23(28-25(29-24)34-2)31-12-18-8-17(31)14-35-18/h7,9-11,17-19,21,33H,3-6,8,12-14H2,1-2H3/t17-,18-,19?,21?/m1/s1. The van der Waals surface area contributed by atoms with Crippen LogP contribution in [-0.4, -0.2) is 94.6 Å². The number of methoxy groups -OCH3 is 1. The van der Waals surface area contributed by atoms with Crippen LogP contribution in [0.25, 0.3) is 16.7 Å². The Bertz CT molecular complexity index is 1240. The summed E-state index contributed by atoms with van der Waals surface area (Å²) in [5.41, 5.74) is 2.95. The molecule has 0 saturated carbocycles. The summed E-state index contributed by atoms with van der Waals surface area (Å²) in [6.07, 6.45) is 2.81. The zero-order valence-corrected chi connectivity index (χ0v) is 20.1. The van der Waals surface area contributed by atoms with Crippen molar-refractivity contribution in [1.82, 2.24) is 24.6 Å². The quantitative estimate of drug-likeness (QED) is 0.572. The normalized spacial score (nSPS) is 26.7. The molecule has 0 aliphatic carbocycles. The van der Waals surface area contributed by atoms with Crippen LogP contribution >= 0.6 is 0 Å². The maximum Gasteiger partial charge on any atom is 0.320 e. The number of morpholine rings is 1. The molecule has 6 rings (SSSR count). The lowest BCUT2D eigenvalue weighted by Gasteiger charge is -2.35. The molecule has 2 aromatic heterocycles. The van der Waals surface area contributed by atoms with Gasteiger partial charge in [-0.3, -0.25) is 4.90 Å². The van der Waals surface area contributed by atoms with E-state index in [2.05, 4.69) is 32.1 Å². The predicted molar refractivity (Wildman–Crippen MR) is 129 cm³/mol. The number of likely N-dealkylation sites (tertiary alicyclic amines) is 1. The molecule has 1 aromatic carbocycles. The summed E-state index contributed by atoms with van der Waals surface area (Å²) in [4.78, 5) is 13.4. The molecular weight excluding hydrogens is 451 g/mol.